The molecule has 0 unspecified atom stereocenters. The van der Waals surface area contributed by atoms with E-state index < -0.39 is 0 Å². The average Bonchev–Trinajstić information content (AvgIpc) is 2.56. The van der Waals surface area contributed by atoms with E-state index >= 15 is 0 Å². The van der Waals surface area contributed by atoms with Crippen LogP contribution in [0.3, 0.4) is 0 Å². The summed E-state index contributed by atoms with van der Waals surface area (Å²) in [6, 6.07) is 20.9. The molecule has 112 valence electrons. The summed E-state index contributed by atoms with van der Waals surface area (Å²) in [7, 11) is 0. The van der Waals surface area contributed by atoms with E-state index in [1.165, 1.54) is 24.0 Å². The van der Waals surface area contributed by atoms with Gasteiger partial charge < -0.3 is 10.5 Å². The summed E-state index contributed by atoms with van der Waals surface area (Å²) in [5.41, 5.74) is 7.94. The average molecular weight is 283 g/mol. The zero-order valence-corrected chi connectivity index (χ0v) is 12.6. The Morgan fingerprint density at radius 1 is 0.714 bits per heavy atom. The lowest BCUT2D eigenvalue weighted by molar-refractivity contribution is 0.0768. The number of unbranched alkanes of at least 4 members (excludes halogenated alkanes) is 3. The van der Waals surface area contributed by atoms with E-state index in [9.17, 15) is 0 Å². The Balaban J connectivity index is 1.94. The van der Waals surface area contributed by atoms with Crippen LogP contribution in [0.25, 0.3) is 0 Å². The van der Waals surface area contributed by atoms with Crippen LogP contribution in [-0.4, -0.2) is 13.2 Å². The third-order valence-electron chi connectivity index (χ3n) is 3.59. The first-order valence-corrected chi connectivity index (χ1v) is 7.83. The maximum absolute atomic E-state index is 6.16. The first kappa shape index (κ1) is 15.7. The highest BCUT2D eigenvalue weighted by atomic mass is 16.5. The molecule has 0 aliphatic carbocycles. The highest BCUT2D eigenvalue weighted by Crippen LogP contribution is 2.26. The molecule has 0 aromatic heterocycles. The van der Waals surface area contributed by atoms with Gasteiger partial charge in [0, 0.05) is 6.61 Å². The molecule has 0 amide bonds. The first-order valence-electron chi connectivity index (χ1n) is 7.83. The molecule has 21 heavy (non-hydrogen) atoms. The molecule has 0 heterocycles. The highest BCUT2D eigenvalue weighted by Gasteiger charge is 2.13. The number of ether oxygens (including phenoxy) is 1. The van der Waals surface area contributed by atoms with Crippen molar-refractivity contribution in [3.8, 4) is 0 Å². The van der Waals surface area contributed by atoms with Crippen LogP contribution in [0.5, 0.6) is 0 Å². The van der Waals surface area contributed by atoms with Crippen molar-refractivity contribution in [1.82, 2.24) is 0 Å². The summed E-state index contributed by atoms with van der Waals surface area (Å²) in [4.78, 5) is 0. The zero-order chi connectivity index (χ0) is 14.8. The molecule has 0 bridgehead atoms. The van der Waals surface area contributed by atoms with Crippen LogP contribution < -0.4 is 5.73 Å². The molecule has 0 aliphatic heterocycles. The molecule has 0 saturated heterocycles. The van der Waals surface area contributed by atoms with Crippen molar-refractivity contribution < 1.29 is 4.74 Å². The topological polar surface area (TPSA) is 35.2 Å². The van der Waals surface area contributed by atoms with E-state index in [1.54, 1.807) is 0 Å². The normalized spacial score (nSPS) is 11.0. The van der Waals surface area contributed by atoms with Gasteiger partial charge in [0.15, 0.2) is 0 Å². The van der Waals surface area contributed by atoms with Gasteiger partial charge in [-0.3, -0.25) is 0 Å². The second-order valence-corrected chi connectivity index (χ2v) is 5.28. The lowest BCUT2D eigenvalue weighted by atomic mass is 10.0. The van der Waals surface area contributed by atoms with E-state index in [0.717, 1.165) is 26.0 Å². The third kappa shape index (κ3) is 5.33. The fraction of sp³-hybridized carbons (Fsp3) is 0.368. The van der Waals surface area contributed by atoms with Crippen molar-refractivity contribution in [2.24, 2.45) is 5.73 Å². The summed E-state index contributed by atoms with van der Waals surface area (Å²) >= 11 is 0. The summed E-state index contributed by atoms with van der Waals surface area (Å²) in [5.74, 6) is 0. The minimum absolute atomic E-state index is 0.0295. The molecular weight excluding hydrogens is 258 g/mol. The van der Waals surface area contributed by atoms with Crippen molar-refractivity contribution in [1.29, 1.82) is 0 Å². The molecule has 2 heteroatoms. The van der Waals surface area contributed by atoms with Gasteiger partial charge in [0.05, 0.1) is 0 Å². The number of hydrogen-bond acceptors (Lipinski definition) is 2. The minimum atomic E-state index is 0.0295. The lowest BCUT2D eigenvalue weighted by Gasteiger charge is -2.19. The van der Waals surface area contributed by atoms with Crippen LogP contribution in [0, 0.1) is 0 Å². The number of rotatable bonds is 9. The summed E-state index contributed by atoms with van der Waals surface area (Å²) in [5, 5.41) is 0. The van der Waals surface area contributed by atoms with E-state index in [0.29, 0.717) is 0 Å². The first-order chi connectivity index (χ1) is 10.4. The van der Waals surface area contributed by atoms with Gasteiger partial charge in [-0.15, -0.1) is 0 Å². The Kier molecular flexibility index (Phi) is 6.99. The number of benzene rings is 2. The molecule has 0 saturated carbocycles. The number of hydrogen-bond donors (Lipinski definition) is 1. The molecule has 2 aromatic carbocycles. The molecule has 0 radical (unpaired) electrons. The van der Waals surface area contributed by atoms with E-state index in [-0.39, 0.29) is 6.10 Å². The van der Waals surface area contributed by atoms with Crippen molar-refractivity contribution in [2.75, 3.05) is 13.2 Å². The Bertz CT molecular complexity index is 444. The molecule has 0 spiro atoms. The largest absolute Gasteiger partial charge is 0.369 e. The Morgan fingerprint density at radius 3 is 1.76 bits per heavy atom. The van der Waals surface area contributed by atoms with Crippen LogP contribution in [0.4, 0.5) is 0 Å². The maximum Gasteiger partial charge on any atom is 0.108 e. The lowest BCUT2D eigenvalue weighted by Crippen LogP contribution is -2.07. The molecule has 0 fully saturated rings. The van der Waals surface area contributed by atoms with E-state index in [1.807, 2.05) is 12.1 Å². The smallest absolute Gasteiger partial charge is 0.108 e. The fourth-order valence-corrected chi connectivity index (χ4v) is 2.44. The highest BCUT2D eigenvalue weighted by molar-refractivity contribution is 5.29. The van der Waals surface area contributed by atoms with Crippen molar-refractivity contribution in [3.63, 3.8) is 0 Å². The maximum atomic E-state index is 6.16. The Hall–Kier alpha value is -1.64. The third-order valence-corrected chi connectivity index (χ3v) is 3.59. The molecular formula is C19H25NO. The Labute approximate surface area is 127 Å². The summed E-state index contributed by atoms with van der Waals surface area (Å²) < 4.78 is 6.16. The van der Waals surface area contributed by atoms with Crippen LogP contribution in [0.15, 0.2) is 60.7 Å². The molecule has 2 nitrogen and oxygen atoms in total. The van der Waals surface area contributed by atoms with Gasteiger partial charge >= 0.3 is 0 Å². The van der Waals surface area contributed by atoms with Gasteiger partial charge in [-0.05, 0) is 30.5 Å². The SMILES string of the molecule is NCCCCCCOC(c1ccccc1)c1ccccc1. The van der Waals surface area contributed by atoms with Gasteiger partial charge in [-0.25, -0.2) is 0 Å². The summed E-state index contributed by atoms with van der Waals surface area (Å²) in [6.45, 7) is 1.58. The van der Waals surface area contributed by atoms with Crippen molar-refractivity contribution >= 4 is 0 Å². The quantitative estimate of drug-likeness (QED) is 0.696. The molecule has 0 atom stereocenters. The van der Waals surface area contributed by atoms with Gasteiger partial charge in [-0.2, -0.15) is 0 Å². The van der Waals surface area contributed by atoms with Crippen molar-refractivity contribution in [2.45, 2.75) is 31.8 Å². The minimum Gasteiger partial charge on any atom is -0.369 e. The second-order valence-electron chi connectivity index (χ2n) is 5.28. The van der Waals surface area contributed by atoms with Crippen LogP contribution >= 0.6 is 0 Å². The molecule has 0 aliphatic rings. The van der Waals surface area contributed by atoms with Gasteiger partial charge in [0.25, 0.3) is 0 Å². The molecule has 2 rings (SSSR count). The standard InChI is InChI=1S/C19H25NO/c20-15-9-1-2-10-16-21-19(17-11-5-3-6-12-17)18-13-7-4-8-14-18/h3-8,11-14,19H,1-2,9-10,15-16,20H2. The van der Waals surface area contributed by atoms with Crippen LogP contribution in [0.2, 0.25) is 0 Å². The second kappa shape index (κ2) is 9.32. The predicted octanol–water partition coefficient (Wildman–Crippen LogP) is 4.31. The van der Waals surface area contributed by atoms with Gasteiger partial charge in [0.1, 0.15) is 6.10 Å². The fourth-order valence-electron chi connectivity index (χ4n) is 2.44. The van der Waals surface area contributed by atoms with Gasteiger partial charge in [0.2, 0.25) is 0 Å². The zero-order valence-electron chi connectivity index (χ0n) is 12.6. The summed E-state index contributed by atoms with van der Waals surface area (Å²) in [6.07, 6.45) is 4.62. The van der Waals surface area contributed by atoms with E-state index in [4.69, 9.17) is 10.5 Å². The van der Waals surface area contributed by atoms with Crippen LogP contribution in [-0.2, 0) is 4.74 Å². The van der Waals surface area contributed by atoms with E-state index in [2.05, 4.69) is 48.5 Å². The monoisotopic (exact) mass is 283 g/mol. The van der Waals surface area contributed by atoms with Crippen molar-refractivity contribution in [3.05, 3.63) is 71.8 Å². The predicted molar refractivity (Wildman–Crippen MR) is 88.2 cm³/mol. The van der Waals surface area contributed by atoms with Gasteiger partial charge in [-0.1, -0.05) is 73.5 Å². The number of nitrogens with two attached hydrogens (primary N) is 1. The Morgan fingerprint density at radius 2 is 1.24 bits per heavy atom. The molecule has 2 aromatic rings. The van der Waals surface area contributed by atoms with Crippen LogP contribution in [0.1, 0.15) is 42.9 Å². The molecule has 2 N–H and O–H groups in total.